The molecule has 3 atom stereocenters. The molecule has 0 saturated carbocycles. The van der Waals surface area contributed by atoms with Gasteiger partial charge in [-0.05, 0) is 39.9 Å². The molecule has 0 spiro atoms. The summed E-state index contributed by atoms with van der Waals surface area (Å²) in [6.07, 6.45) is 1.32. The second-order valence-corrected chi connectivity index (χ2v) is 12.7. The van der Waals surface area contributed by atoms with Crippen molar-refractivity contribution in [3.8, 4) is 0 Å². The molecule has 1 saturated heterocycles. The average molecular weight is 665 g/mol. The molecule has 50 heavy (non-hydrogen) atoms. The summed E-state index contributed by atoms with van der Waals surface area (Å²) in [5.74, 6) is -0.278. The van der Waals surface area contributed by atoms with E-state index in [1.165, 1.54) is 17.3 Å². The highest BCUT2D eigenvalue weighted by Gasteiger charge is 2.33. The van der Waals surface area contributed by atoms with Crippen molar-refractivity contribution >= 4 is 16.9 Å². The molecule has 0 radical (unpaired) electrons. The average Bonchev–Trinajstić information content (AvgIpc) is 3.17. The first kappa shape index (κ1) is 33.3. The SMILES string of the molecule is O=C(NCc1ccc([C@@H]2O[C@H](CN(Cc3ccccc3)Cc3ccccc3)C[C@H](c3ccc(CO)cc3)O2)cc1)c1cnc2ccccc2n1. The summed E-state index contributed by atoms with van der Waals surface area (Å²) in [5, 5.41) is 12.6. The molecule has 2 heterocycles. The number of carbonyl (C=O) groups excluding carboxylic acids is 1. The standard InChI is InChI=1S/C42H40N4O4/c47-29-33-17-19-34(20-18-33)40-23-36(28-46(26-31-9-3-1-4-10-31)27-32-11-5-2-6-12-32)49-42(50-40)35-21-15-30(16-22-35)24-44-41(48)39-25-43-37-13-7-8-14-38(37)45-39/h1-22,25,36,40,42,47H,23-24,26-29H2,(H,44,48)/t36-,40+,42+/m0/s1. The Morgan fingerprint density at radius 2 is 1.30 bits per heavy atom. The van der Waals surface area contributed by atoms with Crippen LogP contribution in [0.5, 0.6) is 0 Å². The Hall–Kier alpha value is -5.25. The number of rotatable bonds is 12. The van der Waals surface area contributed by atoms with Crippen LogP contribution >= 0.6 is 0 Å². The number of hydrogen-bond acceptors (Lipinski definition) is 7. The quantitative estimate of drug-likeness (QED) is 0.142. The van der Waals surface area contributed by atoms with Gasteiger partial charge >= 0.3 is 0 Å². The van der Waals surface area contributed by atoms with E-state index in [1.807, 2.05) is 84.9 Å². The number of aliphatic hydroxyl groups excluding tert-OH is 1. The zero-order valence-electron chi connectivity index (χ0n) is 27.8. The second-order valence-electron chi connectivity index (χ2n) is 12.7. The fourth-order valence-electron chi connectivity index (χ4n) is 6.32. The molecule has 1 amide bonds. The maximum absolute atomic E-state index is 12.9. The van der Waals surface area contributed by atoms with Crippen LogP contribution in [0.25, 0.3) is 11.0 Å². The summed E-state index contributed by atoms with van der Waals surface area (Å²) >= 11 is 0. The molecule has 0 aliphatic carbocycles. The van der Waals surface area contributed by atoms with Crippen LogP contribution in [0.1, 0.15) is 62.7 Å². The van der Waals surface area contributed by atoms with Gasteiger partial charge in [0.05, 0.1) is 36.0 Å². The molecule has 7 rings (SSSR count). The number of aliphatic hydroxyl groups is 1. The maximum Gasteiger partial charge on any atom is 0.271 e. The molecule has 1 aliphatic heterocycles. The number of amides is 1. The number of nitrogens with zero attached hydrogens (tertiary/aromatic N) is 3. The van der Waals surface area contributed by atoms with Crippen LogP contribution in [0.3, 0.4) is 0 Å². The minimum Gasteiger partial charge on any atom is -0.392 e. The first-order valence-corrected chi connectivity index (χ1v) is 17.0. The van der Waals surface area contributed by atoms with Gasteiger partial charge in [-0.15, -0.1) is 0 Å². The Labute approximate surface area is 292 Å². The largest absolute Gasteiger partial charge is 0.392 e. The molecule has 0 bridgehead atoms. The summed E-state index contributed by atoms with van der Waals surface area (Å²) in [6, 6.07) is 44.5. The van der Waals surface area contributed by atoms with Crippen molar-refractivity contribution < 1.29 is 19.4 Å². The summed E-state index contributed by atoms with van der Waals surface area (Å²) in [6.45, 7) is 2.65. The van der Waals surface area contributed by atoms with Crippen molar-refractivity contribution in [3.05, 3.63) is 179 Å². The number of para-hydroxylation sites is 2. The molecular formula is C42H40N4O4. The lowest BCUT2D eigenvalue weighted by atomic mass is 9.99. The summed E-state index contributed by atoms with van der Waals surface area (Å²) < 4.78 is 13.3. The Bertz CT molecular complexity index is 1950. The molecule has 8 nitrogen and oxygen atoms in total. The smallest absolute Gasteiger partial charge is 0.271 e. The van der Waals surface area contributed by atoms with Gasteiger partial charge in [0, 0.05) is 38.2 Å². The van der Waals surface area contributed by atoms with E-state index >= 15 is 0 Å². The minimum atomic E-state index is -0.580. The molecule has 2 N–H and O–H groups in total. The predicted octanol–water partition coefficient (Wildman–Crippen LogP) is 7.30. The fourth-order valence-corrected chi connectivity index (χ4v) is 6.32. The molecule has 8 heteroatoms. The highest BCUT2D eigenvalue weighted by Crippen LogP contribution is 2.38. The Kier molecular flexibility index (Phi) is 10.6. The normalized spacial score (nSPS) is 17.5. The van der Waals surface area contributed by atoms with Crippen molar-refractivity contribution in [3.63, 3.8) is 0 Å². The van der Waals surface area contributed by atoms with E-state index in [0.29, 0.717) is 18.5 Å². The van der Waals surface area contributed by atoms with Gasteiger partial charge in [-0.2, -0.15) is 0 Å². The zero-order valence-corrected chi connectivity index (χ0v) is 27.8. The number of ether oxygens (including phenoxy) is 2. The number of benzene rings is 5. The molecular weight excluding hydrogens is 624 g/mol. The van der Waals surface area contributed by atoms with Crippen molar-refractivity contribution in [2.75, 3.05) is 6.54 Å². The zero-order chi connectivity index (χ0) is 34.1. The number of nitrogens with one attached hydrogen (secondary N) is 1. The van der Waals surface area contributed by atoms with Gasteiger partial charge in [-0.25, -0.2) is 4.98 Å². The first-order chi connectivity index (χ1) is 24.6. The van der Waals surface area contributed by atoms with Gasteiger partial charge in [-0.3, -0.25) is 14.7 Å². The lowest BCUT2D eigenvalue weighted by Crippen LogP contribution is -2.39. The summed E-state index contributed by atoms with van der Waals surface area (Å²) in [7, 11) is 0. The monoisotopic (exact) mass is 664 g/mol. The van der Waals surface area contributed by atoms with Crippen molar-refractivity contribution in [2.24, 2.45) is 0 Å². The van der Waals surface area contributed by atoms with Crippen LogP contribution in [-0.2, 0) is 35.7 Å². The molecule has 1 aromatic heterocycles. The molecule has 6 aromatic rings. The minimum absolute atomic E-state index is 0.00341. The predicted molar refractivity (Wildman–Crippen MR) is 193 cm³/mol. The highest BCUT2D eigenvalue weighted by atomic mass is 16.7. The number of hydrogen-bond donors (Lipinski definition) is 2. The van der Waals surface area contributed by atoms with E-state index in [0.717, 1.165) is 47.4 Å². The van der Waals surface area contributed by atoms with Gasteiger partial charge in [-0.1, -0.05) is 121 Å². The molecule has 0 unspecified atom stereocenters. The summed E-state index contributed by atoms with van der Waals surface area (Å²) in [4.78, 5) is 24.1. The van der Waals surface area contributed by atoms with Gasteiger partial charge in [0.1, 0.15) is 5.69 Å². The van der Waals surface area contributed by atoms with E-state index in [4.69, 9.17) is 9.47 Å². The Morgan fingerprint density at radius 1 is 0.700 bits per heavy atom. The summed E-state index contributed by atoms with van der Waals surface area (Å²) in [5.41, 5.74) is 7.96. The van der Waals surface area contributed by atoms with E-state index in [2.05, 4.69) is 68.7 Å². The van der Waals surface area contributed by atoms with Gasteiger partial charge in [0.15, 0.2) is 6.29 Å². The van der Waals surface area contributed by atoms with Crippen molar-refractivity contribution in [1.29, 1.82) is 0 Å². The van der Waals surface area contributed by atoms with E-state index in [1.54, 1.807) is 0 Å². The molecule has 252 valence electrons. The maximum atomic E-state index is 12.9. The van der Waals surface area contributed by atoms with Crippen molar-refractivity contribution in [2.45, 2.75) is 51.2 Å². The van der Waals surface area contributed by atoms with Crippen LogP contribution in [0.2, 0.25) is 0 Å². The number of aromatic nitrogens is 2. The van der Waals surface area contributed by atoms with E-state index in [9.17, 15) is 9.90 Å². The van der Waals surface area contributed by atoms with Gasteiger partial charge in [0.25, 0.3) is 5.91 Å². The molecule has 1 aliphatic rings. The van der Waals surface area contributed by atoms with Crippen LogP contribution in [-0.4, -0.2) is 38.5 Å². The van der Waals surface area contributed by atoms with Gasteiger partial charge < -0.3 is 19.9 Å². The van der Waals surface area contributed by atoms with Crippen LogP contribution in [0, 0.1) is 0 Å². The highest BCUT2D eigenvalue weighted by molar-refractivity contribution is 5.93. The first-order valence-electron chi connectivity index (χ1n) is 17.0. The Morgan fingerprint density at radius 3 is 1.96 bits per heavy atom. The van der Waals surface area contributed by atoms with Crippen LogP contribution < -0.4 is 5.32 Å². The van der Waals surface area contributed by atoms with Crippen LogP contribution in [0.15, 0.2) is 140 Å². The Balaban J connectivity index is 1.07. The third-order valence-electron chi connectivity index (χ3n) is 8.96. The van der Waals surface area contributed by atoms with Crippen LogP contribution in [0.4, 0.5) is 0 Å². The number of fused-ring (bicyclic) bond motifs is 1. The lowest BCUT2D eigenvalue weighted by molar-refractivity contribution is -0.253. The lowest BCUT2D eigenvalue weighted by Gasteiger charge is -2.38. The number of carbonyl (C=O) groups is 1. The topological polar surface area (TPSA) is 96.8 Å². The van der Waals surface area contributed by atoms with Crippen molar-refractivity contribution in [1.82, 2.24) is 20.2 Å². The third-order valence-corrected chi connectivity index (χ3v) is 8.96. The van der Waals surface area contributed by atoms with E-state index < -0.39 is 6.29 Å². The molecule has 1 fully saturated rings. The molecule has 5 aromatic carbocycles. The second kappa shape index (κ2) is 16.0. The fraction of sp³-hybridized carbons (Fsp3) is 0.214. The third kappa shape index (κ3) is 8.48. The van der Waals surface area contributed by atoms with Gasteiger partial charge in [0.2, 0.25) is 0 Å². The van der Waals surface area contributed by atoms with E-state index in [-0.39, 0.29) is 30.4 Å².